The number of nitrogens with one attached hydrogen (secondary N) is 1. The Kier molecular flexibility index (Phi) is 4.08. The van der Waals surface area contributed by atoms with Gasteiger partial charge in [-0.2, -0.15) is 9.90 Å². The molecule has 0 radical (unpaired) electrons. The zero-order valence-corrected chi connectivity index (χ0v) is 12.4. The molecule has 2 aliphatic rings. The predicted molar refractivity (Wildman–Crippen MR) is 74.8 cm³/mol. The van der Waals surface area contributed by atoms with Gasteiger partial charge in [-0.15, -0.1) is 5.10 Å². The number of nitrogens with zero attached hydrogens (tertiary/aromatic N) is 4. The van der Waals surface area contributed by atoms with Crippen LogP contribution in [0.15, 0.2) is 6.20 Å². The summed E-state index contributed by atoms with van der Waals surface area (Å²) in [5.74, 6) is -0.431. The van der Waals surface area contributed by atoms with Crippen molar-refractivity contribution in [2.75, 3.05) is 31.6 Å². The first-order valence-electron chi connectivity index (χ1n) is 7.30. The lowest BCUT2D eigenvalue weighted by molar-refractivity contribution is -0.187. The van der Waals surface area contributed by atoms with Crippen LogP contribution >= 0.6 is 0 Å². The van der Waals surface area contributed by atoms with Crippen molar-refractivity contribution in [3.8, 4) is 0 Å². The highest BCUT2D eigenvalue weighted by Gasteiger charge is 2.40. The van der Waals surface area contributed by atoms with Crippen LogP contribution in [0.1, 0.15) is 19.8 Å². The number of anilines is 1. The van der Waals surface area contributed by atoms with E-state index in [1.807, 2.05) is 0 Å². The quantitative estimate of drug-likeness (QED) is 0.816. The van der Waals surface area contributed by atoms with E-state index in [4.69, 9.17) is 9.47 Å². The van der Waals surface area contributed by atoms with E-state index in [0.29, 0.717) is 45.0 Å². The Morgan fingerprint density at radius 2 is 2.00 bits per heavy atom. The lowest BCUT2D eigenvalue weighted by Gasteiger charge is -2.37. The molecule has 3 rings (SSSR count). The van der Waals surface area contributed by atoms with Gasteiger partial charge in [0, 0.05) is 32.9 Å². The molecule has 120 valence electrons. The molecule has 2 aliphatic heterocycles. The molecule has 1 spiro atoms. The van der Waals surface area contributed by atoms with E-state index < -0.39 is 5.79 Å². The molecule has 2 fully saturated rings. The van der Waals surface area contributed by atoms with Crippen LogP contribution in [-0.2, 0) is 25.6 Å². The van der Waals surface area contributed by atoms with Crippen LogP contribution in [-0.4, -0.2) is 63.8 Å². The molecule has 0 saturated carbocycles. The van der Waals surface area contributed by atoms with E-state index in [2.05, 4.69) is 15.5 Å². The van der Waals surface area contributed by atoms with E-state index in [-0.39, 0.29) is 18.4 Å². The van der Waals surface area contributed by atoms with Gasteiger partial charge in [-0.25, -0.2) is 0 Å². The van der Waals surface area contributed by atoms with Crippen molar-refractivity contribution in [1.29, 1.82) is 0 Å². The molecule has 0 aliphatic carbocycles. The molecular weight excluding hydrogens is 290 g/mol. The van der Waals surface area contributed by atoms with Crippen molar-refractivity contribution >= 4 is 17.6 Å². The molecule has 0 atom stereocenters. The fraction of sp³-hybridized carbons (Fsp3) is 0.692. The average Bonchev–Trinajstić information content (AvgIpc) is 3.09. The topological polar surface area (TPSA) is 98.6 Å². The molecule has 22 heavy (non-hydrogen) atoms. The van der Waals surface area contributed by atoms with E-state index in [9.17, 15) is 9.59 Å². The Morgan fingerprint density at radius 3 is 2.64 bits per heavy atom. The Morgan fingerprint density at radius 1 is 1.32 bits per heavy atom. The number of piperidine rings is 1. The van der Waals surface area contributed by atoms with Crippen LogP contribution in [0.3, 0.4) is 0 Å². The average molecular weight is 309 g/mol. The molecule has 1 aromatic rings. The molecule has 9 heteroatoms. The molecule has 2 amide bonds. The molecular formula is C13H19N5O4. The van der Waals surface area contributed by atoms with Crippen LogP contribution in [0.2, 0.25) is 0 Å². The minimum absolute atomic E-state index is 0.0499. The van der Waals surface area contributed by atoms with Crippen LogP contribution in [0.4, 0.5) is 5.82 Å². The summed E-state index contributed by atoms with van der Waals surface area (Å²) in [6.45, 7) is 3.88. The van der Waals surface area contributed by atoms with Crippen molar-refractivity contribution in [3.05, 3.63) is 6.20 Å². The second-order valence-electron chi connectivity index (χ2n) is 5.43. The van der Waals surface area contributed by atoms with E-state index in [0.717, 1.165) is 0 Å². The summed E-state index contributed by atoms with van der Waals surface area (Å²) in [5.41, 5.74) is 0. The maximum Gasteiger partial charge on any atom is 0.246 e. The summed E-state index contributed by atoms with van der Waals surface area (Å²) < 4.78 is 11.3. The Hall–Kier alpha value is -2.00. The summed E-state index contributed by atoms with van der Waals surface area (Å²) in [4.78, 5) is 26.2. The molecule has 2 saturated heterocycles. The molecule has 1 aromatic heterocycles. The number of aromatic nitrogens is 3. The minimum atomic E-state index is -0.487. The molecule has 0 unspecified atom stereocenters. The predicted octanol–water partition coefficient (Wildman–Crippen LogP) is -0.398. The number of hydrogen-bond donors (Lipinski definition) is 1. The summed E-state index contributed by atoms with van der Waals surface area (Å²) in [6, 6.07) is 0. The first kappa shape index (κ1) is 14.9. The van der Waals surface area contributed by atoms with E-state index >= 15 is 0 Å². The third-order valence-corrected chi connectivity index (χ3v) is 3.81. The smallest absolute Gasteiger partial charge is 0.246 e. The van der Waals surface area contributed by atoms with Gasteiger partial charge < -0.3 is 19.7 Å². The third-order valence-electron chi connectivity index (χ3n) is 3.81. The lowest BCUT2D eigenvalue weighted by atomic mass is 10.0. The van der Waals surface area contributed by atoms with Crippen molar-refractivity contribution in [1.82, 2.24) is 19.9 Å². The fourth-order valence-corrected chi connectivity index (χ4v) is 2.71. The second kappa shape index (κ2) is 6.01. The largest absolute Gasteiger partial charge is 0.347 e. The Labute approximate surface area is 127 Å². The minimum Gasteiger partial charge on any atom is -0.347 e. The van der Waals surface area contributed by atoms with Crippen LogP contribution < -0.4 is 5.32 Å². The molecule has 3 heterocycles. The maximum absolute atomic E-state index is 12.3. The fourth-order valence-electron chi connectivity index (χ4n) is 2.71. The van der Waals surface area contributed by atoms with Gasteiger partial charge in [0.15, 0.2) is 11.6 Å². The van der Waals surface area contributed by atoms with Crippen molar-refractivity contribution in [3.63, 3.8) is 0 Å². The maximum atomic E-state index is 12.3. The number of carbonyl (C=O) groups is 2. The first-order chi connectivity index (χ1) is 10.6. The summed E-state index contributed by atoms with van der Waals surface area (Å²) in [5, 5.41) is 10.5. The third kappa shape index (κ3) is 3.25. The number of likely N-dealkylation sites (tertiary alicyclic amines) is 1. The first-order valence-corrected chi connectivity index (χ1v) is 7.30. The van der Waals surface area contributed by atoms with Gasteiger partial charge in [-0.3, -0.25) is 9.59 Å². The van der Waals surface area contributed by atoms with Crippen LogP contribution in [0.25, 0.3) is 0 Å². The number of carbonyl (C=O) groups excluding carboxylic acids is 2. The van der Waals surface area contributed by atoms with Crippen molar-refractivity contribution in [2.45, 2.75) is 32.1 Å². The number of ether oxygens (including phenoxy) is 2. The van der Waals surface area contributed by atoms with Gasteiger partial charge >= 0.3 is 0 Å². The summed E-state index contributed by atoms with van der Waals surface area (Å²) in [7, 11) is 0. The molecule has 0 aromatic carbocycles. The van der Waals surface area contributed by atoms with Crippen molar-refractivity contribution in [2.24, 2.45) is 0 Å². The second-order valence-corrected chi connectivity index (χ2v) is 5.43. The van der Waals surface area contributed by atoms with Gasteiger partial charge in [-0.05, 0) is 0 Å². The Bertz CT molecular complexity index is 557. The van der Waals surface area contributed by atoms with Crippen LogP contribution in [0.5, 0.6) is 0 Å². The van der Waals surface area contributed by atoms with E-state index in [1.165, 1.54) is 17.9 Å². The highest BCUT2D eigenvalue weighted by Crippen LogP contribution is 2.31. The highest BCUT2D eigenvalue weighted by atomic mass is 16.7. The zero-order chi connectivity index (χ0) is 15.6. The van der Waals surface area contributed by atoms with Gasteiger partial charge in [0.05, 0.1) is 19.4 Å². The Balaban J connectivity index is 1.52. The standard InChI is InChI=1S/C13H19N5O4/c1-10(19)15-11-8-14-18(16-11)9-12(20)17-4-2-13(3-5-17)21-6-7-22-13/h8H,2-7,9H2,1H3,(H,15,16,19). The van der Waals surface area contributed by atoms with Gasteiger partial charge in [0.2, 0.25) is 11.8 Å². The number of amides is 2. The monoisotopic (exact) mass is 309 g/mol. The van der Waals surface area contributed by atoms with E-state index in [1.54, 1.807) is 4.90 Å². The zero-order valence-electron chi connectivity index (χ0n) is 12.4. The molecule has 0 bridgehead atoms. The number of hydrogen-bond acceptors (Lipinski definition) is 6. The van der Waals surface area contributed by atoms with Crippen LogP contribution in [0, 0.1) is 0 Å². The van der Waals surface area contributed by atoms with Crippen molar-refractivity contribution < 1.29 is 19.1 Å². The summed E-state index contributed by atoms with van der Waals surface area (Å²) in [6.07, 6.45) is 2.78. The van der Waals surface area contributed by atoms with Gasteiger partial charge in [0.25, 0.3) is 0 Å². The van der Waals surface area contributed by atoms with Gasteiger partial charge in [-0.1, -0.05) is 0 Å². The lowest BCUT2D eigenvalue weighted by Crippen LogP contribution is -2.48. The summed E-state index contributed by atoms with van der Waals surface area (Å²) >= 11 is 0. The molecule has 1 N–H and O–H groups in total. The van der Waals surface area contributed by atoms with Gasteiger partial charge in [0.1, 0.15) is 6.54 Å². The highest BCUT2D eigenvalue weighted by molar-refractivity contribution is 5.87. The molecule has 9 nitrogen and oxygen atoms in total. The SMILES string of the molecule is CC(=O)Nc1cnn(CC(=O)N2CCC3(CC2)OCCO3)n1. The normalized spacial score (nSPS) is 20.3. The number of rotatable bonds is 3.